The van der Waals surface area contributed by atoms with Crippen LogP contribution < -0.4 is 11.3 Å². The second kappa shape index (κ2) is 8.19. The minimum atomic E-state index is -2.18. The molecule has 3 aromatic heterocycles. The van der Waals surface area contributed by atoms with Gasteiger partial charge < -0.3 is 39.4 Å². The molecule has 1 saturated heterocycles. The Morgan fingerprint density at radius 2 is 2.09 bits per heavy atom. The van der Waals surface area contributed by atoms with Crippen LogP contribution in [0.25, 0.3) is 28.2 Å². The van der Waals surface area contributed by atoms with Gasteiger partial charge in [-0.3, -0.25) is 4.79 Å². The van der Waals surface area contributed by atoms with Crippen LogP contribution in [0.3, 0.4) is 0 Å². The molecule has 4 heterocycles. The highest BCUT2D eigenvalue weighted by atomic mass is 79.9. The Morgan fingerprint density at radius 1 is 1.34 bits per heavy atom. The van der Waals surface area contributed by atoms with Crippen molar-refractivity contribution in [3.05, 3.63) is 45.5 Å². The van der Waals surface area contributed by atoms with Crippen molar-refractivity contribution in [1.29, 1.82) is 0 Å². The maximum absolute atomic E-state index is 13.0. The zero-order chi connectivity index (χ0) is 22.6. The molecule has 4 aromatic rings. The van der Waals surface area contributed by atoms with E-state index in [4.69, 9.17) is 14.8 Å². The molecule has 14 heteroatoms. The molecule has 0 amide bonds. The molecular weight excluding hydrogens is 507 g/mol. The molecule has 5 rings (SSSR count). The van der Waals surface area contributed by atoms with Gasteiger partial charge in [-0.05, 0) is 33.6 Å². The van der Waals surface area contributed by atoms with Crippen LogP contribution in [-0.4, -0.2) is 63.9 Å². The fourth-order valence-corrected chi connectivity index (χ4v) is 4.88. The van der Waals surface area contributed by atoms with Crippen LogP contribution in [0.15, 0.2) is 40.0 Å². The van der Waals surface area contributed by atoms with Crippen molar-refractivity contribution in [3.63, 3.8) is 0 Å². The smallest absolute Gasteiger partial charge is 0.330 e. The topological polar surface area (TPSA) is 173 Å². The standard InChI is InChI=1S/C18H18BrN6O6P/c19-17-22-13-15(24(17)6-11(26)14-12(27)7-30-32(29)31-14)23-18-21-10(5-25(18)16(13)28)8-1-3-9(20)4-2-8/h1-5,11-12,14,26-27,29H,6-7,20H2,(H,21,23)/t11-,12?,14?,32?/m1/s1. The van der Waals surface area contributed by atoms with Gasteiger partial charge in [-0.15, -0.1) is 0 Å². The molecule has 1 aliphatic rings. The van der Waals surface area contributed by atoms with Crippen LogP contribution in [0, 0.1) is 0 Å². The van der Waals surface area contributed by atoms with Gasteiger partial charge in [-0.1, -0.05) is 12.1 Å². The quantitative estimate of drug-likeness (QED) is 0.146. The molecule has 1 aromatic carbocycles. The zero-order valence-corrected chi connectivity index (χ0v) is 18.8. The summed E-state index contributed by atoms with van der Waals surface area (Å²) < 4.78 is 13.1. The molecule has 0 radical (unpaired) electrons. The SMILES string of the molecule is Nc1ccc(-c2cn3c(=O)c4nc(Br)n(C[C@@H](O)C5OP(O)OCC5O)c4nc3[nH]2)cc1. The fourth-order valence-electron chi connectivity index (χ4n) is 3.56. The monoisotopic (exact) mass is 524 g/mol. The number of anilines is 1. The maximum Gasteiger partial charge on any atom is 0.330 e. The summed E-state index contributed by atoms with van der Waals surface area (Å²) in [5.41, 5.74) is 7.80. The molecule has 0 bridgehead atoms. The molecule has 3 unspecified atom stereocenters. The lowest BCUT2D eigenvalue weighted by Gasteiger charge is -2.33. The number of aromatic nitrogens is 5. The van der Waals surface area contributed by atoms with Crippen LogP contribution >= 0.6 is 24.5 Å². The fraction of sp³-hybridized carbons (Fsp3) is 0.278. The van der Waals surface area contributed by atoms with Crippen molar-refractivity contribution in [2.24, 2.45) is 0 Å². The molecule has 32 heavy (non-hydrogen) atoms. The highest BCUT2D eigenvalue weighted by Gasteiger charge is 2.37. The van der Waals surface area contributed by atoms with Gasteiger partial charge >= 0.3 is 8.60 Å². The lowest BCUT2D eigenvalue weighted by molar-refractivity contribution is -0.0953. The maximum atomic E-state index is 13.0. The van der Waals surface area contributed by atoms with Gasteiger partial charge in [0.25, 0.3) is 5.56 Å². The Morgan fingerprint density at radius 3 is 2.84 bits per heavy atom. The number of fused-ring (bicyclic) bond motifs is 2. The van der Waals surface area contributed by atoms with Crippen molar-refractivity contribution in [2.75, 3.05) is 12.3 Å². The van der Waals surface area contributed by atoms with Crippen LogP contribution in [-0.2, 0) is 15.6 Å². The van der Waals surface area contributed by atoms with Crippen LogP contribution in [0.5, 0.6) is 0 Å². The molecule has 12 nitrogen and oxygen atoms in total. The Hall–Kier alpha value is -2.38. The van der Waals surface area contributed by atoms with E-state index in [1.165, 1.54) is 8.97 Å². The summed E-state index contributed by atoms with van der Waals surface area (Å²) in [5.74, 6) is 0.290. The number of aromatic amines is 1. The van der Waals surface area contributed by atoms with E-state index in [-0.39, 0.29) is 29.0 Å². The number of hydrogen-bond donors (Lipinski definition) is 5. The third-order valence-electron chi connectivity index (χ3n) is 5.18. The largest absolute Gasteiger partial charge is 0.399 e. The van der Waals surface area contributed by atoms with Crippen molar-refractivity contribution in [1.82, 2.24) is 23.9 Å². The number of aliphatic hydroxyl groups excluding tert-OH is 2. The van der Waals surface area contributed by atoms with Crippen molar-refractivity contribution in [2.45, 2.75) is 24.9 Å². The van der Waals surface area contributed by atoms with Crippen molar-refractivity contribution >= 4 is 47.2 Å². The molecule has 1 aliphatic heterocycles. The number of nitrogens with one attached hydrogen (secondary N) is 1. The highest BCUT2D eigenvalue weighted by Crippen LogP contribution is 2.40. The number of nitrogen functional groups attached to an aromatic ring is 1. The minimum absolute atomic E-state index is 0.0993. The Labute approximate surface area is 189 Å². The molecule has 0 aliphatic carbocycles. The molecule has 1 fully saturated rings. The van der Waals surface area contributed by atoms with E-state index in [9.17, 15) is 19.9 Å². The first kappa shape index (κ1) is 21.5. The number of benzene rings is 1. The average Bonchev–Trinajstić information content (AvgIpc) is 3.33. The van der Waals surface area contributed by atoms with E-state index in [0.29, 0.717) is 17.2 Å². The second-order valence-electron chi connectivity index (χ2n) is 7.30. The van der Waals surface area contributed by atoms with E-state index in [1.807, 2.05) is 12.1 Å². The number of nitrogens with two attached hydrogens (primary N) is 1. The Bertz CT molecular complexity index is 1350. The van der Waals surface area contributed by atoms with Gasteiger partial charge in [0.2, 0.25) is 5.78 Å². The predicted octanol–water partition coefficient (Wildman–Crippen LogP) is 0.740. The lowest BCUT2D eigenvalue weighted by atomic mass is 10.1. The van der Waals surface area contributed by atoms with Gasteiger partial charge in [0.15, 0.2) is 15.9 Å². The van der Waals surface area contributed by atoms with Gasteiger partial charge in [-0.25, -0.2) is 9.38 Å². The predicted molar refractivity (Wildman–Crippen MR) is 119 cm³/mol. The molecule has 4 atom stereocenters. The Balaban J connectivity index is 1.54. The van der Waals surface area contributed by atoms with E-state index in [1.54, 1.807) is 18.3 Å². The number of nitrogens with zero attached hydrogens (tertiary/aromatic N) is 4. The van der Waals surface area contributed by atoms with Gasteiger partial charge in [0.1, 0.15) is 18.3 Å². The first-order valence-corrected chi connectivity index (χ1v) is 11.4. The first-order chi connectivity index (χ1) is 15.3. The summed E-state index contributed by atoms with van der Waals surface area (Å²) in [7, 11) is -2.18. The second-order valence-corrected chi connectivity index (χ2v) is 8.96. The van der Waals surface area contributed by atoms with Crippen molar-refractivity contribution in [3.8, 4) is 11.3 Å². The summed E-state index contributed by atoms with van der Waals surface area (Å²) in [6.07, 6.45) is -1.79. The number of imidazole rings is 2. The summed E-state index contributed by atoms with van der Waals surface area (Å²) in [4.78, 5) is 34.5. The molecule has 6 N–H and O–H groups in total. The average molecular weight is 525 g/mol. The van der Waals surface area contributed by atoms with Gasteiger partial charge in [0.05, 0.1) is 18.8 Å². The number of H-pyrrole nitrogens is 1. The normalized spacial score (nSPS) is 22.6. The van der Waals surface area contributed by atoms with Crippen LogP contribution in [0.1, 0.15) is 0 Å². The van der Waals surface area contributed by atoms with E-state index >= 15 is 0 Å². The summed E-state index contributed by atoms with van der Waals surface area (Å²) in [6, 6.07) is 7.16. The van der Waals surface area contributed by atoms with E-state index < -0.39 is 32.5 Å². The third kappa shape index (κ3) is 3.71. The van der Waals surface area contributed by atoms with Crippen LogP contribution in [0.4, 0.5) is 5.69 Å². The number of hydrogen-bond acceptors (Lipinski definition) is 9. The number of halogens is 1. The van der Waals surface area contributed by atoms with E-state index in [2.05, 4.69) is 30.9 Å². The molecule has 0 spiro atoms. The summed E-state index contributed by atoms with van der Waals surface area (Å²) in [6.45, 7) is -0.261. The molecule has 0 saturated carbocycles. The molecular formula is C18H18BrN6O6P. The third-order valence-corrected chi connectivity index (χ3v) is 6.58. The van der Waals surface area contributed by atoms with Gasteiger partial charge in [0, 0.05) is 11.9 Å². The molecule has 168 valence electrons. The number of aliphatic hydroxyl groups is 2. The van der Waals surface area contributed by atoms with E-state index in [0.717, 1.165) is 5.56 Å². The summed E-state index contributed by atoms with van der Waals surface area (Å²) >= 11 is 3.30. The highest BCUT2D eigenvalue weighted by molar-refractivity contribution is 9.10. The summed E-state index contributed by atoms with van der Waals surface area (Å²) in [5, 5.41) is 20.7. The number of rotatable bonds is 4. The van der Waals surface area contributed by atoms with Gasteiger partial charge in [-0.2, -0.15) is 4.98 Å². The lowest BCUT2D eigenvalue weighted by Crippen LogP contribution is -2.45. The minimum Gasteiger partial charge on any atom is -0.399 e. The van der Waals surface area contributed by atoms with Crippen molar-refractivity contribution < 1.29 is 24.2 Å². The van der Waals surface area contributed by atoms with Crippen LogP contribution in [0.2, 0.25) is 0 Å². The zero-order valence-electron chi connectivity index (χ0n) is 16.3. The Kier molecular flexibility index (Phi) is 5.50. The first-order valence-electron chi connectivity index (χ1n) is 9.49.